The normalized spacial score (nSPS) is 16.3. The number of primary amides is 1. The Morgan fingerprint density at radius 1 is 1.35 bits per heavy atom. The van der Waals surface area contributed by atoms with Crippen LogP contribution >= 0.6 is 0 Å². The van der Waals surface area contributed by atoms with E-state index in [2.05, 4.69) is 0 Å². The monoisotopic (exact) mass is 243 g/mol. The third-order valence-corrected chi connectivity index (χ3v) is 2.58. The quantitative estimate of drug-likeness (QED) is 0.509. The van der Waals surface area contributed by atoms with Crippen LogP contribution in [0.25, 0.3) is 0 Å². The summed E-state index contributed by atoms with van der Waals surface area (Å²) in [5, 5.41) is 8.59. The van der Waals surface area contributed by atoms with Gasteiger partial charge in [-0.15, -0.1) is 0 Å². The van der Waals surface area contributed by atoms with Gasteiger partial charge in [-0.25, -0.2) is 0 Å². The van der Waals surface area contributed by atoms with Gasteiger partial charge in [0.05, 0.1) is 18.9 Å². The third-order valence-electron chi connectivity index (χ3n) is 2.58. The summed E-state index contributed by atoms with van der Waals surface area (Å²) in [6.07, 6.45) is 1.38. The number of hydrogen-bond acceptors (Lipinski definition) is 4. The molecule has 0 bridgehead atoms. The minimum absolute atomic E-state index is 0.0702. The summed E-state index contributed by atoms with van der Waals surface area (Å²) in [7, 11) is 0. The maximum absolute atomic E-state index is 11.9. The summed E-state index contributed by atoms with van der Waals surface area (Å²) in [6.45, 7) is 0.130. The number of nitrogens with zero attached hydrogens (tertiary/aromatic N) is 1. The highest BCUT2D eigenvalue weighted by Crippen LogP contribution is 2.27. The van der Waals surface area contributed by atoms with Gasteiger partial charge >= 0.3 is 5.97 Å². The molecule has 0 radical (unpaired) electrons. The predicted molar refractivity (Wildman–Crippen MR) is 58.8 cm³/mol. The molecular weight excluding hydrogens is 226 g/mol. The van der Waals surface area contributed by atoms with E-state index in [1.54, 1.807) is 0 Å². The molecule has 0 heterocycles. The van der Waals surface area contributed by atoms with Crippen LogP contribution in [0.4, 0.5) is 0 Å². The fourth-order valence-electron chi connectivity index (χ4n) is 1.59. The molecule has 0 aromatic carbocycles. The van der Waals surface area contributed by atoms with Gasteiger partial charge in [0.2, 0.25) is 11.8 Å². The minimum Gasteiger partial charge on any atom is -0.481 e. The largest absolute Gasteiger partial charge is 0.481 e. The summed E-state index contributed by atoms with van der Waals surface area (Å²) in [4.78, 5) is 34.5. The topological polar surface area (TPSA) is 127 Å². The van der Waals surface area contributed by atoms with Gasteiger partial charge in [-0.05, 0) is 12.8 Å². The first-order valence-corrected chi connectivity index (χ1v) is 5.48. The summed E-state index contributed by atoms with van der Waals surface area (Å²) in [6, 6.07) is -0.900. The number of amides is 2. The summed E-state index contributed by atoms with van der Waals surface area (Å²) in [5.74, 6) is -2.00. The summed E-state index contributed by atoms with van der Waals surface area (Å²) < 4.78 is 0. The smallest absolute Gasteiger partial charge is 0.305 e. The number of carboxylic acids is 1. The molecule has 1 atom stereocenters. The second kappa shape index (κ2) is 5.62. The van der Waals surface area contributed by atoms with Gasteiger partial charge in [-0.2, -0.15) is 0 Å². The van der Waals surface area contributed by atoms with Crippen molar-refractivity contribution in [1.29, 1.82) is 0 Å². The molecular formula is C10H17N3O4. The number of carbonyl (C=O) groups excluding carboxylic acids is 2. The Labute approximate surface area is 98.7 Å². The molecule has 96 valence electrons. The van der Waals surface area contributed by atoms with E-state index in [1.807, 2.05) is 0 Å². The average Bonchev–Trinajstić information content (AvgIpc) is 3.00. The Morgan fingerprint density at radius 3 is 2.35 bits per heavy atom. The molecule has 0 saturated heterocycles. The molecule has 1 aliphatic rings. The van der Waals surface area contributed by atoms with Gasteiger partial charge in [-0.1, -0.05) is 0 Å². The van der Waals surface area contributed by atoms with Crippen molar-refractivity contribution in [2.75, 3.05) is 6.54 Å². The predicted octanol–water partition coefficient (Wildman–Crippen LogP) is -1.35. The molecule has 7 nitrogen and oxygen atoms in total. The van der Waals surface area contributed by atoms with Crippen molar-refractivity contribution >= 4 is 17.8 Å². The molecule has 2 amide bonds. The van der Waals surface area contributed by atoms with Crippen LogP contribution in [0.1, 0.15) is 25.7 Å². The molecule has 7 heteroatoms. The van der Waals surface area contributed by atoms with Gasteiger partial charge in [0.1, 0.15) is 0 Å². The standard InChI is InChI=1S/C10H17N3O4/c11-7(5-8(12)14)10(17)13(6-1-2-6)4-3-9(15)16/h6-7H,1-5,11H2,(H2,12,14)(H,15,16). The molecule has 1 unspecified atom stereocenters. The van der Waals surface area contributed by atoms with Crippen molar-refractivity contribution in [3.8, 4) is 0 Å². The average molecular weight is 243 g/mol. The molecule has 17 heavy (non-hydrogen) atoms. The Bertz CT molecular complexity index is 328. The Morgan fingerprint density at radius 2 is 1.94 bits per heavy atom. The number of rotatable bonds is 7. The van der Waals surface area contributed by atoms with Crippen molar-refractivity contribution in [1.82, 2.24) is 4.90 Å². The first kappa shape index (κ1) is 13.4. The fourth-order valence-corrected chi connectivity index (χ4v) is 1.59. The minimum atomic E-state index is -0.970. The molecule has 5 N–H and O–H groups in total. The van der Waals surface area contributed by atoms with Crippen molar-refractivity contribution in [2.45, 2.75) is 37.8 Å². The zero-order valence-electron chi connectivity index (χ0n) is 9.46. The van der Waals surface area contributed by atoms with Crippen LogP contribution in [-0.4, -0.2) is 46.4 Å². The molecule has 1 rings (SSSR count). The lowest BCUT2D eigenvalue weighted by Crippen LogP contribution is -2.47. The van der Waals surface area contributed by atoms with Gasteiger partial charge < -0.3 is 21.5 Å². The van der Waals surface area contributed by atoms with E-state index in [-0.39, 0.29) is 25.4 Å². The Kier molecular flexibility index (Phi) is 4.45. The molecule has 0 spiro atoms. The van der Waals surface area contributed by atoms with Gasteiger partial charge in [0.15, 0.2) is 0 Å². The maximum atomic E-state index is 11.9. The summed E-state index contributed by atoms with van der Waals surface area (Å²) in [5.41, 5.74) is 10.5. The van der Waals surface area contributed by atoms with E-state index in [1.165, 1.54) is 4.90 Å². The molecule has 1 aliphatic carbocycles. The van der Waals surface area contributed by atoms with Crippen molar-refractivity contribution in [3.63, 3.8) is 0 Å². The van der Waals surface area contributed by atoms with Crippen molar-refractivity contribution < 1.29 is 19.5 Å². The maximum Gasteiger partial charge on any atom is 0.305 e. The molecule has 1 fully saturated rings. The van der Waals surface area contributed by atoms with Crippen LogP contribution < -0.4 is 11.5 Å². The zero-order valence-corrected chi connectivity index (χ0v) is 9.46. The number of aliphatic carboxylic acids is 1. The van der Waals surface area contributed by atoms with Crippen LogP contribution in [-0.2, 0) is 14.4 Å². The van der Waals surface area contributed by atoms with Crippen molar-refractivity contribution in [3.05, 3.63) is 0 Å². The number of carboxylic acid groups (broad SMARTS) is 1. The SMILES string of the molecule is NC(=O)CC(N)C(=O)N(CCC(=O)O)C1CC1. The van der Waals surface area contributed by atoms with Crippen LogP contribution in [0, 0.1) is 0 Å². The highest BCUT2D eigenvalue weighted by atomic mass is 16.4. The first-order chi connectivity index (χ1) is 7.91. The lowest BCUT2D eigenvalue weighted by Gasteiger charge is -2.24. The van der Waals surface area contributed by atoms with Crippen LogP contribution in [0.15, 0.2) is 0 Å². The molecule has 0 aromatic heterocycles. The van der Waals surface area contributed by atoms with E-state index in [0.29, 0.717) is 0 Å². The Balaban J connectivity index is 2.53. The second-order valence-electron chi connectivity index (χ2n) is 4.18. The number of nitrogens with two attached hydrogens (primary N) is 2. The lowest BCUT2D eigenvalue weighted by molar-refractivity contribution is -0.139. The zero-order chi connectivity index (χ0) is 13.0. The first-order valence-electron chi connectivity index (χ1n) is 5.48. The van der Waals surface area contributed by atoms with Gasteiger partial charge in [0.25, 0.3) is 0 Å². The molecule has 1 saturated carbocycles. The van der Waals surface area contributed by atoms with E-state index in [9.17, 15) is 14.4 Å². The van der Waals surface area contributed by atoms with E-state index in [4.69, 9.17) is 16.6 Å². The van der Waals surface area contributed by atoms with Crippen molar-refractivity contribution in [2.24, 2.45) is 11.5 Å². The molecule has 0 aliphatic heterocycles. The van der Waals surface area contributed by atoms with Gasteiger partial charge in [0, 0.05) is 12.6 Å². The van der Waals surface area contributed by atoms with E-state index < -0.39 is 23.8 Å². The van der Waals surface area contributed by atoms with Gasteiger partial charge in [-0.3, -0.25) is 14.4 Å². The van der Waals surface area contributed by atoms with Crippen LogP contribution in [0.5, 0.6) is 0 Å². The second-order valence-corrected chi connectivity index (χ2v) is 4.18. The Hall–Kier alpha value is -1.63. The van der Waals surface area contributed by atoms with E-state index >= 15 is 0 Å². The number of carbonyl (C=O) groups is 3. The van der Waals surface area contributed by atoms with Crippen LogP contribution in [0.3, 0.4) is 0 Å². The number of hydrogen-bond donors (Lipinski definition) is 3. The fraction of sp³-hybridized carbons (Fsp3) is 0.700. The third kappa shape index (κ3) is 4.39. The summed E-state index contributed by atoms with van der Waals surface area (Å²) >= 11 is 0. The lowest BCUT2D eigenvalue weighted by atomic mass is 10.1. The molecule has 0 aromatic rings. The highest BCUT2D eigenvalue weighted by molar-refractivity contribution is 5.88. The van der Waals surface area contributed by atoms with Crippen LogP contribution in [0.2, 0.25) is 0 Å². The van der Waals surface area contributed by atoms with E-state index in [0.717, 1.165) is 12.8 Å². The highest BCUT2D eigenvalue weighted by Gasteiger charge is 2.35.